The number of hydrogen-bond acceptors (Lipinski definition) is 6. The zero-order chi connectivity index (χ0) is 18.6. The zero-order valence-corrected chi connectivity index (χ0v) is 15.1. The Morgan fingerprint density at radius 3 is 2.64 bits per heavy atom. The molecule has 9 heteroatoms. The third-order valence-electron chi connectivity index (χ3n) is 3.13. The molecule has 3 amide bonds. The molecule has 0 spiro atoms. The normalized spacial score (nSPS) is 11.8. The number of esters is 1. The second-order valence-electron chi connectivity index (χ2n) is 5.47. The van der Waals surface area contributed by atoms with Gasteiger partial charge in [-0.25, -0.2) is 14.6 Å². The van der Waals surface area contributed by atoms with Crippen LogP contribution >= 0.6 is 22.9 Å². The Morgan fingerprint density at radius 1 is 1.32 bits per heavy atom. The minimum Gasteiger partial charge on any atom is -0.447 e. The van der Waals surface area contributed by atoms with Gasteiger partial charge in [-0.15, -0.1) is 11.3 Å². The van der Waals surface area contributed by atoms with Gasteiger partial charge in [0.05, 0.1) is 0 Å². The Kier molecular flexibility index (Phi) is 6.11. The van der Waals surface area contributed by atoms with Crippen LogP contribution in [0.25, 0.3) is 10.6 Å². The lowest BCUT2D eigenvalue weighted by atomic mass is 10.1. The predicted octanol–water partition coefficient (Wildman–Crippen LogP) is 2.84. The molecule has 1 atom stereocenters. The molecular weight excluding hydrogens is 366 g/mol. The number of carbonyl (C=O) groups excluding carboxylic acids is 3. The SMILES string of the molecule is CC(C)[C@H](OC(=O)c1csc(-c2cccc(Cl)c2)n1)C(=O)NC(N)=O. The summed E-state index contributed by atoms with van der Waals surface area (Å²) < 4.78 is 5.19. The van der Waals surface area contributed by atoms with Crippen molar-refractivity contribution in [1.29, 1.82) is 0 Å². The number of primary amides is 1. The number of benzene rings is 1. The lowest BCUT2D eigenvalue weighted by Gasteiger charge is -2.19. The molecule has 0 radical (unpaired) electrons. The maximum atomic E-state index is 12.3. The predicted molar refractivity (Wildman–Crippen MR) is 94.3 cm³/mol. The highest BCUT2D eigenvalue weighted by Gasteiger charge is 2.28. The molecule has 1 aromatic heterocycles. The van der Waals surface area contributed by atoms with Gasteiger partial charge >= 0.3 is 12.0 Å². The Balaban J connectivity index is 2.14. The topological polar surface area (TPSA) is 111 Å². The first-order valence-corrected chi connectivity index (χ1v) is 8.56. The van der Waals surface area contributed by atoms with Crippen molar-refractivity contribution in [3.05, 3.63) is 40.4 Å². The molecule has 1 aromatic carbocycles. The first-order chi connectivity index (χ1) is 11.8. The Labute approximate surface area is 153 Å². The summed E-state index contributed by atoms with van der Waals surface area (Å²) >= 11 is 7.20. The third kappa shape index (κ3) is 5.01. The van der Waals surface area contributed by atoms with Gasteiger partial charge in [-0.2, -0.15) is 0 Å². The van der Waals surface area contributed by atoms with Crippen LogP contribution in [0, 0.1) is 5.92 Å². The van der Waals surface area contributed by atoms with E-state index in [0.29, 0.717) is 10.0 Å². The maximum Gasteiger partial charge on any atom is 0.358 e. The van der Waals surface area contributed by atoms with Crippen LogP contribution in [-0.4, -0.2) is 29.0 Å². The van der Waals surface area contributed by atoms with E-state index in [1.807, 2.05) is 11.4 Å². The summed E-state index contributed by atoms with van der Waals surface area (Å²) in [5.74, 6) is -1.89. The van der Waals surface area contributed by atoms with Crippen LogP contribution in [0.5, 0.6) is 0 Å². The van der Waals surface area contributed by atoms with E-state index in [-0.39, 0.29) is 11.6 Å². The summed E-state index contributed by atoms with van der Waals surface area (Å²) in [5.41, 5.74) is 5.75. The molecule has 0 aliphatic carbocycles. The van der Waals surface area contributed by atoms with Crippen LogP contribution in [0.3, 0.4) is 0 Å². The number of hydrogen-bond donors (Lipinski definition) is 2. The van der Waals surface area contributed by atoms with Crippen LogP contribution < -0.4 is 11.1 Å². The van der Waals surface area contributed by atoms with Gasteiger partial charge in [-0.1, -0.05) is 37.6 Å². The Morgan fingerprint density at radius 2 is 2.04 bits per heavy atom. The second kappa shape index (κ2) is 8.09. The van der Waals surface area contributed by atoms with Gasteiger partial charge in [0.2, 0.25) is 0 Å². The van der Waals surface area contributed by atoms with Crippen molar-refractivity contribution < 1.29 is 19.1 Å². The van der Waals surface area contributed by atoms with Crippen molar-refractivity contribution >= 4 is 40.8 Å². The van der Waals surface area contributed by atoms with Crippen molar-refractivity contribution in [2.75, 3.05) is 0 Å². The summed E-state index contributed by atoms with van der Waals surface area (Å²) in [4.78, 5) is 39.2. The number of imide groups is 1. The number of aromatic nitrogens is 1. The van der Waals surface area contributed by atoms with Gasteiger partial charge in [-0.05, 0) is 18.1 Å². The van der Waals surface area contributed by atoms with Crippen molar-refractivity contribution in [1.82, 2.24) is 10.3 Å². The Hall–Kier alpha value is -2.45. The minimum absolute atomic E-state index is 0.0671. The van der Waals surface area contributed by atoms with E-state index in [0.717, 1.165) is 5.56 Å². The van der Waals surface area contributed by atoms with Crippen LogP contribution in [0.2, 0.25) is 5.02 Å². The minimum atomic E-state index is -1.16. The molecule has 2 aromatic rings. The van der Waals surface area contributed by atoms with Crippen LogP contribution in [-0.2, 0) is 9.53 Å². The lowest BCUT2D eigenvalue weighted by molar-refractivity contribution is -0.130. The smallest absolute Gasteiger partial charge is 0.358 e. The van der Waals surface area contributed by atoms with E-state index in [4.69, 9.17) is 22.1 Å². The molecule has 0 fully saturated rings. The second-order valence-corrected chi connectivity index (χ2v) is 6.77. The van der Waals surface area contributed by atoms with Crippen molar-refractivity contribution in [2.24, 2.45) is 11.7 Å². The van der Waals surface area contributed by atoms with E-state index in [1.165, 1.54) is 16.7 Å². The number of nitrogens with one attached hydrogen (secondary N) is 1. The first kappa shape index (κ1) is 18.9. The standard InChI is InChI=1S/C16H16ClN3O4S/c1-8(2)12(13(21)20-16(18)23)24-15(22)11-7-25-14(19-11)9-4-3-5-10(17)6-9/h3-8,12H,1-2H3,(H3,18,20,21,23)/t12-/m0/s1. The number of amides is 3. The van der Waals surface area contributed by atoms with E-state index in [2.05, 4.69) is 4.98 Å². The average Bonchev–Trinajstić information content (AvgIpc) is 3.01. The number of thiazole rings is 1. The fraction of sp³-hybridized carbons (Fsp3) is 0.250. The number of carbonyl (C=O) groups is 3. The lowest BCUT2D eigenvalue weighted by Crippen LogP contribution is -2.45. The highest BCUT2D eigenvalue weighted by Crippen LogP contribution is 2.26. The van der Waals surface area contributed by atoms with E-state index in [9.17, 15) is 14.4 Å². The number of nitrogens with zero attached hydrogens (tertiary/aromatic N) is 1. The molecule has 7 nitrogen and oxygen atoms in total. The monoisotopic (exact) mass is 381 g/mol. The van der Waals surface area contributed by atoms with Crippen LogP contribution in [0.1, 0.15) is 24.3 Å². The number of halogens is 1. The van der Waals surface area contributed by atoms with Gasteiger partial charge in [0.25, 0.3) is 5.91 Å². The average molecular weight is 382 g/mol. The molecule has 0 unspecified atom stereocenters. The van der Waals surface area contributed by atoms with E-state index >= 15 is 0 Å². The Bertz CT molecular complexity index is 806. The fourth-order valence-electron chi connectivity index (χ4n) is 1.98. The highest BCUT2D eigenvalue weighted by atomic mass is 35.5. The van der Waals surface area contributed by atoms with Crippen LogP contribution in [0.15, 0.2) is 29.6 Å². The molecule has 0 saturated carbocycles. The molecule has 1 heterocycles. The molecule has 0 aliphatic heterocycles. The van der Waals surface area contributed by atoms with Crippen LogP contribution in [0.4, 0.5) is 4.79 Å². The maximum absolute atomic E-state index is 12.3. The molecule has 132 valence electrons. The van der Waals surface area contributed by atoms with E-state index < -0.39 is 24.0 Å². The molecule has 3 N–H and O–H groups in total. The van der Waals surface area contributed by atoms with Gasteiger partial charge < -0.3 is 10.5 Å². The first-order valence-electron chi connectivity index (χ1n) is 7.30. The fourth-order valence-corrected chi connectivity index (χ4v) is 2.96. The number of rotatable bonds is 5. The van der Waals surface area contributed by atoms with Gasteiger partial charge in [0.1, 0.15) is 5.01 Å². The van der Waals surface area contributed by atoms with Crippen molar-refractivity contribution in [3.63, 3.8) is 0 Å². The van der Waals surface area contributed by atoms with E-state index in [1.54, 1.807) is 32.0 Å². The quantitative estimate of drug-likeness (QED) is 0.773. The highest BCUT2D eigenvalue weighted by molar-refractivity contribution is 7.13. The zero-order valence-electron chi connectivity index (χ0n) is 13.5. The summed E-state index contributed by atoms with van der Waals surface area (Å²) in [6.07, 6.45) is -1.16. The number of nitrogens with two attached hydrogens (primary N) is 1. The number of urea groups is 1. The van der Waals surface area contributed by atoms with Gasteiger partial charge in [0, 0.05) is 16.0 Å². The van der Waals surface area contributed by atoms with Crippen molar-refractivity contribution in [2.45, 2.75) is 20.0 Å². The molecule has 2 rings (SSSR count). The molecular formula is C16H16ClN3O4S. The summed E-state index contributed by atoms with van der Waals surface area (Å²) in [6.45, 7) is 3.36. The molecule has 25 heavy (non-hydrogen) atoms. The third-order valence-corrected chi connectivity index (χ3v) is 4.26. The van der Waals surface area contributed by atoms with Crippen molar-refractivity contribution in [3.8, 4) is 10.6 Å². The molecule has 0 bridgehead atoms. The number of ether oxygens (including phenoxy) is 1. The summed E-state index contributed by atoms with van der Waals surface area (Å²) in [5, 5.41) is 4.59. The van der Waals surface area contributed by atoms with Gasteiger partial charge in [0.15, 0.2) is 11.8 Å². The summed E-state index contributed by atoms with van der Waals surface area (Å²) in [6, 6.07) is 6.05. The molecule has 0 saturated heterocycles. The molecule has 0 aliphatic rings. The van der Waals surface area contributed by atoms with Gasteiger partial charge in [-0.3, -0.25) is 10.1 Å². The largest absolute Gasteiger partial charge is 0.447 e. The summed E-state index contributed by atoms with van der Waals surface area (Å²) in [7, 11) is 0.